The van der Waals surface area contributed by atoms with Crippen LogP contribution in [0.4, 0.5) is 18.9 Å². The van der Waals surface area contributed by atoms with Crippen molar-refractivity contribution in [2.24, 2.45) is 5.92 Å². The maximum absolute atomic E-state index is 13.5. The Labute approximate surface area is 210 Å². The van der Waals surface area contributed by atoms with Crippen molar-refractivity contribution >= 4 is 21.6 Å². The van der Waals surface area contributed by atoms with Gasteiger partial charge in [0, 0.05) is 45.0 Å². The van der Waals surface area contributed by atoms with Gasteiger partial charge in [-0.2, -0.15) is 17.5 Å². The number of piperazine rings is 1. The third kappa shape index (κ3) is 5.39. The minimum absolute atomic E-state index is 0.0871. The van der Waals surface area contributed by atoms with Crippen molar-refractivity contribution in [2.75, 3.05) is 44.2 Å². The van der Waals surface area contributed by atoms with Gasteiger partial charge in [-0.05, 0) is 62.9 Å². The van der Waals surface area contributed by atoms with Crippen LogP contribution in [0.3, 0.4) is 0 Å². The van der Waals surface area contributed by atoms with Gasteiger partial charge >= 0.3 is 6.18 Å². The van der Waals surface area contributed by atoms with Crippen molar-refractivity contribution < 1.29 is 26.4 Å². The predicted molar refractivity (Wildman–Crippen MR) is 132 cm³/mol. The average molecular weight is 524 g/mol. The van der Waals surface area contributed by atoms with Crippen LogP contribution in [0.5, 0.6) is 0 Å². The first-order chi connectivity index (χ1) is 16.9. The summed E-state index contributed by atoms with van der Waals surface area (Å²) in [5.41, 5.74) is 2.19. The largest absolute Gasteiger partial charge is 0.416 e. The molecule has 2 saturated heterocycles. The molecule has 36 heavy (non-hydrogen) atoms. The van der Waals surface area contributed by atoms with Gasteiger partial charge in [0.15, 0.2) is 0 Å². The summed E-state index contributed by atoms with van der Waals surface area (Å²) in [5, 5.41) is 0. The molecule has 0 spiro atoms. The van der Waals surface area contributed by atoms with Gasteiger partial charge < -0.3 is 9.80 Å². The smallest absolute Gasteiger partial charge is 0.368 e. The van der Waals surface area contributed by atoms with E-state index in [0.717, 1.165) is 17.7 Å². The van der Waals surface area contributed by atoms with Crippen molar-refractivity contribution in [3.05, 3.63) is 58.7 Å². The molecule has 196 valence electrons. The van der Waals surface area contributed by atoms with Gasteiger partial charge in [-0.15, -0.1) is 0 Å². The molecule has 1 amide bonds. The Balaban J connectivity index is 1.42. The average Bonchev–Trinajstić information content (AvgIpc) is 2.82. The summed E-state index contributed by atoms with van der Waals surface area (Å²) in [5.74, 6) is -0.518. The van der Waals surface area contributed by atoms with Crippen LogP contribution in [0.1, 0.15) is 35.1 Å². The second-order valence-electron chi connectivity index (χ2n) is 9.79. The number of hydrogen-bond acceptors (Lipinski definition) is 4. The molecular weight excluding hydrogens is 491 g/mol. The number of halogens is 3. The SMILES string of the molecule is Cc1cc(C)c(S(=O)(=O)N2CCC[C@@H](C(=O)N3CCN(c4cccc(C(F)(F)F)c4)CC3)C2)c(C)c1. The van der Waals surface area contributed by atoms with E-state index in [4.69, 9.17) is 0 Å². The van der Waals surface area contributed by atoms with Gasteiger partial charge in [0.05, 0.1) is 16.4 Å². The number of rotatable bonds is 4. The highest BCUT2D eigenvalue weighted by Gasteiger charge is 2.37. The van der Waals surface area contributed by atoms with Crippen LogP contribution in [0.25, 0.3) is 0 Å². The maximum atomic E-state index is 13.5. The molecule has 0 radical (unpaired) electrons. The van der Waals surface area contributed by atoms with E-state index in [0.29, 0.717) is 67.3 Å². The number of nitrogens with zero attached hydrogens (tertiary/aromatic N) is 3. The number of amides is 1. The molecule has 2 aliphatic heterocycles. The Morgan fingerprint density at radius 1 is 0.944 bits per heavy atom. The summed E-state index contributed by atoms with van der Waals surface area (Å²) in [6.07, 6.45) is -3.19. The number of piperidine rings is 1. The molecule has 2 aliphatic rings. The molecule has 6 nitrogen and oxygen atoms in total. The minimum atomic E-state index is -4.41. The zero-order chi connectivity index (χ0) is 26.3. The van der Waals surface area contributed by atoms with Crippen molar-refractivity contribution in [3.8, 4) is 0 Å². The van der Waals surface area contributed by atoms with Crippen LogP contribution in [-0.2, 0) is 21.0 Å². The summed E-state index contributed by atoms with van der Waals surface area (Å²) in [6, 6.07) is 8.94. The van der Waals surface area contributed by atoms with E-state index in [9.17, 15) is 26.4 Å². The van der Waals surface area contributed by atoms with Crippen LogP contribution in [0.15, 0.2) is 41.3 Å². The first kappa shape index (κ1) is 26.5. The number of hydrogen-bond donors (Lipinski definition) is 0. The van der Waals surface area contributed by atoms with Crippen LogP contribution in [0.2, 0.25) is 0 Å². The number of sulfonamides is 1. The van der Waals surface area contributed by atoms with Crippen LogP contribution >= 0.6 is 0 Å². The van der Waals surface area contributed by atoms with Crippen LogP contribution < -0.4 is 4.90 Å². The van der Waals surface area contributed by atoms with E-state index < -0.39 is 27.7 Å². The van der Waals surface area contributed by atoms with Gasteiger partial charge in [-0.3, -0.25) is 4.79 Å². The molecule has 2 fully saturated rings. The predicted octanol–water partition coefficient (Wildman–Crippen LogP) is 4.38. The molecule has 0 unspecified atom stereocenters. The van der Waals surface area contributed by atoms with Crippen molar-refractivity contribution in [3.63, 3.8) is 0 Å². The van der Waals surface area contributed by atoms with Gasteiger partial charge in [-0.25, -0.2) is 8.42 Å². The molecule has 0 aliphatic carbocycles. The fourth-order valence-corrected chi connectivity index (χ4v) is 7.32. The fraction of sp³-hybridized carbons (Fsp3) is 0.500. The molecule has 0 bridgehead atoms. The second kappa shape index (κ2) is 10.0. The van der Waals surface area contributed by atoms with E-state index in [-0.39, 0.29) is 12.5 Å². The molecule has 0 aromatic heterocycles. The van der Waals surface area contributed by atoms with Gasteiger partial charge in [0.1, 0.15) is 0 Å². The Hall–Kier alpha value is -2.59. The summed E-state index contributed by atoms with van der Waals surface area (Å²) in [7, 11) is -3.74. The quantitative estimate of drug-likeness (QED) is 0.597. The zero-order valence-electron chi connectivity index (χ0n) is 20.8. The van der Waals surface area contributed by atoms with Crippen LogP contribution in [-0.4, -0.2) is 62.8 Å². The summed E-state index contributed by atoms with van der Waals surface area (Å²) in [4.78, 5) is 17.2. The van der Waals surface area contributed by atoms with E-state index in [1.807, 2.05) is 24.0 Å². The molecule has 4 rings (SSSR count). The lowest BCUT2D eigenvalue weighted by molar-refractivity contribution is -0.137. The Kier molecular flexibility index (Phi) is 7.39. The molecule has 2 aromatic rings. The van der Waals surface area contributed by atoms with Crippen molar-refractivity contribution in [1.29, 1.82) is 0 Å². The first-order valence-electron chi connectivity index (χ1n) is 12.2. The zero-order valence-corrected chi connectivity index (χ0v) is 21.6. The monoisotopic (exact) mass is 523 g/mol. The van der Waals surface area contributed by atoms with Gasteiger partial charge in [0.2, 0.25) is 15.9 Å². The molecule has 0 N–H and O–H groups in total. The second-order valence-corrected chi connectivity index (χ2v) is 11.7. The highest BCUT2D eigenvalue weighted by atomic mass is 32.2. The number of alkyl halides is 3. The Morgan fingerprint density at radius 3 is 2.19 bits per heavy atom. The fourth-order valence-electron chi connectivity index (χ4n) is 5.39. The Morgan fingerprint density at radius 2 is 1.58 bits per heavy atom. The molecule has 2 aromatic carbocycles. The Bertz CT molecular complexity index is 1220. The lowest BCUT2D eigenvalue weighted by Gasteiger charge is -2.39. The first-order valence-corrected chi connectivity index (χ1v) is 13.6. The van der Waals surface area contributed by atoms with Gasteiger partial charge in [0.25, 0.3) is 0 Å². The molecule has 10 heteroatoms. The van der Waals surface area contributed by atoms with Crippen LogP contribution in [0, 0.1) is 26.7 Å². The summed E-state index contributed by atoms with van der Waals surface area (Å²) < 4.78 is 67.7. The number of anilines is 1. The standard InChI is InChI=1S/C26H32F3N3O3S/c1-18-14-19(2)24(20(3)15-18)36(34,35)32-9-5-6-21(17-32)25(33)31-12-10-30(11-13-31)23-8-4-7-22(16-23)26(27,28)29/h4,7-8,14-16,21H,5-6,9-13,17H2,1-3H3/t21-/m1/s1. The topological polar surface area (TPSA) is 60.9 Å². The summed E-state index contributed by atoms with van der Waals surface area (Å²) >= 11 is 0. The maximum Gasteiger partial charge on any atom is 0.416 e. The number of aryl methyl sites for hydroxylation is 3. The highest BCUT2D eigenvalue weighted by Crippen LogP contribution is 2.33. The van der Waals surface area contributed by atoms with Crippen molar-refractivity contribution in [1.82, 2.24) is 9.21 Å². The third-order valence-electron chi connectivity index (χ3n) is 7.07. The summed E-state index contributed by atoms with van der Waals surface area (Å²) in [6.45, 7) is 7.64. The van der Waals surface area contributed by atoms with E-state index in [2.05, 4.69) is 0 Å². The lowest BCUT2D eigenvalue weighted by atomic mass is 9.97. The van der Waals surface area contributed by atoms with Crippen molar-refractivity contribution in [2.45, 2.75) is 44.7 Å². The third-order valence-corrected chi connectivity index (χ3v) is 9.24. The highest BCUT2D eigenvalue weighted by molar-refractivity contribution is 7.89. The number of benzene rings is 2. The van der Waals surface area contributed by atoms with E-state index in [1.54, 1.807) is 24.8 Å². The normalized spacial score (nSPS) is 20.0. The number of carbonyl (C=O) groups excluding carboxylic acids is 1. The molecule has 1 atom stereocenters. The molecule has 0 saturated carbocycles. The van der Waals surface area contributed by atoms with E-state index in [1.165, 1.54) is 10.4 Å². The lowest BCUT2D eigenvalue weighted by Crippen LogP contribution is -2.53. The minimum Gasteiger partial charge on any atom is -0.368 e. The number of carbonyl (C=O) groups is 1. The van der Waals surface area contributed by atoms with E-state index >= 15 is 0 Å². The molecular formula is C26H32F3N3O3S. The molecule has 2 heterocycles. The van der Waals surface area contributed by atoms with Gasteiger partial charge in [-0.1, -0.05) is 23.8 Å².